The summed E-state index contributed by atoms with van der Waals surface area (Å²) in [6.07, 6.45) is 4.68. The van der Waals surface area contributed by atoms with Crippen LogP contribution >= 0.6 is 0 Å². The van der Waals surface area contributed by atoms with Crippen molar-refractivity contribution in [1.82, 2.24) is 19.5 Å². The Morgan fingerprint density at radius 1 is 1.35 bits per heavy atom. The summed E-state index contributed by atoms with van der Waals surface area (Å²) < 4.78 is 1.13. The predicted molar refractivity (Wildman–Crippen MR) is 52.8 cm³/mol. The smallest absolute Gasteiger partial charge is 0.381 e. The van der Waals surface area contributed by atoms with Crippen molar-refractivity contribution in [1.29, 1.82) is 0 Å². The second-order valence-electron chi connectivity index (χ2n) is 2.93. The molecule has 0 unspecified atom stereocenters. The van der Waals surface area contributed by atoms with E-state index in [0.717, 1.165) is 17.1 Å². The minimum absolute atomic E-state index is 0.0272. The van der Waals surface area contributed by atoms with Crippen LogP contribution in [0, 0.1) is 10.1 Å². The zero-order valence-corrected chi connectivity index (χ0v) is 8.22. The number of nitro groups is 1. The van der Waals surface area contributed by atoms with E-state index in [-0.39, 0.29) is 11.5 Å². The number of hydrogen-bond acceptors (Lipinski definition) is 6. The van der Waals surface area contributed by atoms with E-state index in [4.69, 9.17) is 5.11 Å². The van der Waals surface area contributed by atoms with Crippen molar-refractivity contribution in [2.45, 2.75) is 0 Å². The second-order valence-corrected chi connectivity index (χ2v) is 2.93. The molecule has 0 amide bonds. The number of hydrogen-bond donors (Lipinski definition) is 1. The lowest BCUT2D eigenvalue weighted by Crippen LogP contribution is -2.08. The summed E-state index contributed by atoms with van der Waals surface area (Å²) in [6.45, 7) is 0. The van der Waals surface area contributed by atoms with E-state index in [1.54, 1.807) is 0 Å². The Labute approximate surface area is 93.5 Å². The maximum Gasteiger partial charge on any atom is 0.381 e. The van der Waals surface area contributed by atoms with Crippen LogP contribution < -0.4 is 0 Å². The first kappa shape index (κ1) is 10.7. The zero-order valence-electron chi connectivity index (χ0n) is 8.22. The molecule has 0 aliphatic carbocycles. The number of carbonyl (C=O) groups is 1. The van der Waals surface area contributed by atoms with Gasteiger partial charge in [-0.05, 0) is 9.91 Å². The van der Waals surface area contributed by atoms with Crippen molar-refractivity contribution in [3.8, 4) is 5.82 Å². The highest BCUT2D eigenvalue weighted by Crippen LogP contribution is 2.13. The molecule has 0 saturated carbocycles. The topological polar surface area (TPSA) is 124 Å². The number of aromatic nitrogens is 4. The van der Waals surface area contributed by atoms with E-state index >= 15 is 0 Å². The first-order chi connectivity index (χ1) is 8.09. The number of rotatable bonds is 3. The number of carboxylic acids is 1. The van der Waals surface area contributed by atoms with Crippen LogP contribution in [0.25, 0.3) is 5.82 Å². The molecule has 86 valence electrons. The minimum atomic E-state index is -1.27. The van der Waals surface area contributed by atoms with Crippen LogP contribution in [0.2, 0.25) is 0 Å². The summed E-state index contributed by atoms with van der Waals surface area (Å²) in [4.78, 5) is 31.5. The van der Waals surface area contributed by atoms with Crippen molar-refractivity contribution in [2.75, 3.05) is 0 Å². The summed E-state index contributed by atoms with van der Waals surface area (Å²) in [6, 6.07) is 0. The lowest BCUT2D eigenvalue weighted by atomic mass is 10.4. The van der Waals surface area contributed by atoms with Crippen LogP contribution in [0.1, 0.15) is 10.5 Å². The monoisotopic (exact) mass is 235 g/mol. The Kier molecular flexibility index (Phi) is 2.49. The largest absolute Gasteiger partial charge is 0.476 e. The second kappa shape index (κ2) is 3.96. The number of aromatic carboxylic acids is 1. The predicted octanol–water partition coefficient (Wildman–Crippen LogP) is 0.269. The molecular formula is C8H5N5O4. The maximum atomic E-state index is 10.9. The molecule has 9 nitrogen and oxygen atoms in total. The van der Waals surface area contributed by atoms with Gasteiger partial charge in [-0.25, -0.2) is 14.8 Å². The lowest BCUT2D eigenvalue weighted by Gasteiger charge is -2.01. The molecule has 2 aromatic rings. The van der Waals surface area contributed by atoms with Gasteiger partial charge in [0.15, 0.2) is 11.5 Å². The fourth-order valence-corrected chi connectivity index (χ4v) is 1.19. The molecule has 1 N–H and O–H groups in total. The van der Waals surface area contributed by atoms with Crippen LogP contribution in [0.3, 0.4) is 0 Å². The van der Waals surface area contributed by atoms with Gasteiger partial charge in [0.2, 0.25) is 6.33 Å². The number of carboxylic acid groups (broad SMARTS) is 1. The normalized spacial score (nSPS) is 10.1. The van der Waals surface area contributed by atoms with Gasteiger partial charge in [0, 0.05) is 12.4 Å². The Bertz CT molecular complexity index is 593. The quantitative estimate of drug-likeness (QED) is 0.597. The van der Waals surface area contributed by atoms with Crippen molar-refractivity contribution in [3.63, 3.8) is 0 Å². The maximum absolute atomic E-state index is 10.9. The van der Waals surface area contributed by atoms with Gasteiger partial charge in [-0.1, -0.05) is 0 Å². The molecule has 0 spiro atoms. The van der Waals surface area contributed by atoms with Crippen molar-refractivity contribution in [2.24, 2.45) is 0 Å². The van der Waals surface area contributed by atoms with E-state index in [9.17, 15) is 14.9 Å². The van der Waals surface area contributed by atoms with Gasteiger partial charge in [-0.2, -0.15) is 0 Å². The molecule has 2 aromatic heterocycles. The summed E-state index contributed by atoms with van der Waals surface area (Å²) in [5.74, 6) is -1.70. The first-order valence-corrected chi connectivity index (χ1v) is 4.32. The molecule has 0 aliphatic heterocycles. The molecule has 0 bridgehead atoms. The Hall–Kier alpha value is -2.84. The Morgan fingerprint density at radius 3 is 2.65 bits per heavy atom. The van der Waals surface area contributed by atoms with Gasteiger partial charge in [-0.15, -0.1) is 0 Å². The third-order valence-electron chi connectivity index (χ3n) is 1.88. The van der Waals surface area contributed by atoms with Gasteiger partial charge in [0.05, 0.1) is 0 Å². The average molecular weight is 235 g/mol. The third kappa shape index (κ3) is 1.93. The van der Waals surface area contributed by atoms with E-state index in [2.05, 4.69) is 15.0 Å². The number of imidazole rings is 1. The van der Waals surface area contributed by atoms with Crippen molar-refractivity contribution in [3.05, 3.63) is 40.7 Å². The van der Waals surface area contributed by atoms with Crippen LogP contribution in [-0.2, 0) is 0 Å². The highest BCUT2D eigenvalue weighted by molar-refractivity contribution is 5.88. The van der Waals surface area contributed by atoms with Gasteiger partial charge < -0.3 is 15.2 Å². The van der Waals surface area contributed by atoms with Gasteiger partial charge in [0.1, 0.15) is 6.20 Å². The molecule has 9 heteroatoms. The molecule has 0 aliphatic rings. The Balaban J connectivity index is 2.52. The summed E-state index contributed by atoms with van der Waals surface area (Å²) in [5, 5.41) is 19.3. The van der Waals surface area contributed by atoms with Gasteiger partial charge in [-0.3, -0.25) is 4.57 Å². The molecule has 0 aromatic carbocycles. The molecule has 0 saturated heterocycles. The average Bonchev–Trinajstić information content (AvgIpc) is 2.78. The highest BCUT2D eigenvalue weighted by atomic mass is 16.6. The van der Waals surface area contributed by atoms with Crippen molar-refractivity contribution < 1.29 is 14.8 Å². The van der Waals surface area contributed by atoms with Crippen molar-refractivity contribution >= 4 is 11.8 Å². The Morgan fingerprint density at radius 2 is 2.06 bits per heavy atom. The first-order valence-electron chi connectivity index (χ1n) is 4.32. The van der Waals surface area contributed by atoms with E-state index in [1.165, 1.54) is 12.4 Å². The zero-order chi connectivity index (χ0) is 12.4. The molecule has 0 atom stereocenters. The summed E-state index contributed by atoms with van der Waals surface area (Å²) >= 11 is 0. The standard InChI is InChI=1S/C8H5N5O4/c14-8(15)6-7(10-2-1-9-6)12-3-5(11-4-12)13(16)17/h1-4H,(H,14,15). The third-order valence-corrected chi connectivity index (χ3v) is 1.88. The van der Waals surface area contributed by atoms with Crippen LogP contribution in [0.15, 0.2) is 24.9 Å². The van der Waals surface area contributed by atoms with E-state index in [1.807, 2.05) is 0 Å². The van der Waals surface area contributed by atoms with Crippen LogP contribution in [-0.4, -0.2) is 35.5 Å². The fourth-order valence-electron chi connectivity index (χ4n) is 1.19. The SMILES string of the molecule is O=C(O)c1nccnc1-n1cnc([N+](=O)[O-])c1. The van der Waals surface area contributed by atoms with Gasteiger partial charge >= 0.3 is 11.8 Å². The summed E-state index contributed by atoms with van der Waals surface area (Å²) in [7, 11) is 0. The molecule has 2 rings (SSSR count). The highest BCUT2D eigenvalue weighted by Gasteiger charge is 2.18. The molecule has 17 heavy (non-hydrogen) atoms. The molecule has 0 fully saturated rings. The minimum Gasteiger partial charge on any atom is -0.476 e. The summed E-state index contributed by atoms with van der Waals surface area (Å²) in [5.41, 5.74) is -0.306. The lowest BCUT2D eigenvalue weighted by molar-refractivity contribution is -0.389. The van der Waals surface area contributed by atoms with Gasteiger partial charge in [0.25, 0.3) is 0 Å². The van der Waals surface area contributed by atoms with E-state index < -0.39 is 16.7 Å². The fraction of sp³-hybridized carbons (Fsp3) is 0. The molecule has 0 radical (unpaired) electrons. The van der Waals surface area contributed by atoms with Crippen LogP contribution in [0.5, 0.6) is 0 Å². The van der Waals surface area contributed by atoms with Crippen LogP contribution in [0.4, 0.5) is 5.82 Å². The molecule has 2 heterocycles. The van der Waals surface area contributed by atoms with E-state index in [0.29, 0.717) is 0 Å². The molecular weight excluding hydrogens is 230 g/mol. The number of nitrogens with zero attached hydrogens (tertiary/aromatic N) is 5.